The van der Waals surface area contributed by atoms with E-state index in [1.807, 2.05) is 30.3 Å². The molecule has 5 nitrogen and oxygen atoms in total. The number of hydrogen-bond donors (Lipinski definition) is 1. The van der Waals surface area contributed by atoms with Gasteiger partial charge in [-0.1, -0.05) is 36.4 Å². The quantitative estimate of drug-likeness (QED) is 0.801. The Morgan fingerprint density at radius 2 is 1.77 bits per heavy atom. The molecule has 0 aliphatic carbocycles. The second-order valence-corrected chi connectivity index (χ2v) is 6.76. The number of nitrogens with one attached hydrogen (secondary N) is 1. The smallest absolute Gasteiger partial charge is 0.411 e. The molecule has 2 aromatic rings. The third-order valence-corrected chi connectivity index (χ3v) is 3.27. The summed E-state index contributed by atoms with van der Waals surface area (Å²) in [6.07, 6.45) is -0.866. The van der Waals surface area contributed by atoms with Gasteiger partial charge >= 0.3 is 12.1 Å². The number of rotatable bonds is 5. The predicted octanol–water partition coefficient (Wildman–Crippen LogP) is 4.46. The van der Waals surface area contributed by atoms with Crippen molar-refractivity contribution in [1.82, 2.24) is 0 Å². The third-order valence-electron chi connectivity index (χ3n) is 3.27. The lowest BCUT2D eigenvalue weighted by Crippen LogP contribution is -2.25. The number of esters is 1. The van der Waals surface area contributed by atoms with Crippen LogP contribution in [-0.4, -0.2) is 17.7 Å². The molecule has 0 aliphatic heterocycles. The van der Waals surface area contributed by atoms with Gasteiger partial charge in [-0.15, -0.1) is 0 Å². The molecule has 1 N–H and O–H groups in total. The van der Waals surface area contributed by atoms with Gasteiger partial charge in [-0.05, 0) is 44.0 Å². The van der Waals surface area contributed by atoms with Gasteiger partial charge in [-0.3, -0.25) is 10.1 Å². The number of anilines is 1. The first kappa shape index (κ1) is 19.4. The van der Waals surface area contributed by atoms with Gasteiger partial charge in [0.15, 0.2) is 0 Å². The molecule has 0 aliphatic rings. The summed E-state index contributed by atoms with van der Waals surface area (Å²) in [5.41, 5.74) is 0.662. The Labute approximate surface area is 152 Å². The van der Waals surface area contributed by atoms with Crippen molar-refractivity contribution in [2.75, 3.05) is 5.32 Å². The molecule has 0 heterocycles. The first-order valence-electron chi connectivity index (χ1n) is 8.21. The maximum atomic E-state index is 14.1. The van der Waals surface area contributed by atoms with Gasteiger partial charge in [0.05, 0.1) is 6.42 Å². The number of halogens is 1. The first-order chi connectivity index (χ1) is 12.2. The lowest BCUT2D eigenvalue weighted by molar-refractivity contribution is -0.153. The fraction of sp³-hybridized carbons (Fsp3) is 0.300. The van der Waals surface area contributed by atoms with E-state index in [1.165, 1.54) is 12.1 Å². The van der Waals surface area contributed by atoms with Crippen LogP contribution in [0, 0.1) is 5.82 Å². The highest BCUT2D eigenvalue weighted by Gasteiger charge is 2.18. The van der Waals surface area contributed by atoms with Crippen LogP contribution in [0.15, 0.2) is 48.5 Å². The van der Waals surface area contributed by atoms with Gasteiger partial charge in [0.1, 0.15) is 18.0 Å². The molecule has 0 unspecified atom stereocenters. The Morgan fingerprint density at radius 3 is 2.38 bits per heavy atom. The molecule has 0 spiro atoms. The van der Waals surface area contributed by atoms with Crippen molar-refractivity contribution >= 4 is 17.7 Å². The summed E-state index contributed by atoms with van der Waals surface area (Å²) in [4.78, 5) is 23.6. The van der Waals surface area contributed by atoms with Crippen LogP contribution in [-0.2, 0) is 27.3 Å². The largest absolute Gasteiger partial charge is 0.460 e. The van der Waals surface area contributed by atoms with Crippen LogP contribution in [0.5, 0.6) is 0 Å². The molecule has 0 bridgehead atoms. The zero-order chi connectivity index (χ0) is 19.2. The number of amides is 1. The summed E-state index contributed by atoms with van der Waals surface area (Å²) in [6, 6.07) is 13.3. The van der Waals surface area contributed by atoms with Crippen LogP contribution in [0.1, 0.15) is 31.9 Å². The SMILES string of the molecule is CC(C)(C)OC(=O)Cc1ccc(NC(=O)OCc2ccccc2)cc1F. The van der Waals surface area contributed by atoms with E-state index in [1.54, 1.807) is 20.8 Å². The molecule has 138 valence electrons. The fourth-order valence-corrected chi connectivity index (χ4v) is 2.18. The zero-order valence-corrected chi connectivity index (χ0v) is 15.0. The van der Waals surface area contributed by atoms with Crippen molar-refractivity contribution < 1.29 is 23.5 Å². The van der Waals surface area contributed by atoms with Crippen LogP contribution >= 0.6 is 0 Å². The second-order valence-electron chi connectivity index (χ2n) is 6.76. The van der Waals surface area contributed by atoms with E-state index in [2.05, 4.69) is 5.32 Å². The molecule has 0 aromatic heterocycles. The summed E-state index contributed by atoms with van der Waals surface area (Å²) in [6.45, 7) is 5.35. The summed E-state index contributed by atoms with van der Waals surface area (Å²) in [5.74, 6) is -1.11. The highest BCUT2D eigenvalue weighted by atomic mass is 19.1. The maximum Gasteiger partial charge on any atom is 0.411 e. The first-order valence-corrected chi connectivity index (χ1v) is 8.21. The number of benzene rings is 2. The van der Waals surface area contributed by atoms with E-state index in [4.69, 9.17) is 9.47 Å². The topological polar surface area (TPSA) is 64.6 Å². The number of ether oxygens (including phenoxy) is 2. The van der Waals surface area contributed by atoms with Gasteiger partial charge in [-0.25, -0.2) is 9.18 Å². The van der Waals surface area contributed by atoms with E-state index in [0.29, 0.717) is 0 Å². The Kier molecular flexibility index (Phi) is 6.33. The van der Waals surface area contributed by atoms with E-state index in [9.17, 15) is 14.0 Å². The lowest BCUT2D eigenvalue weighted by atomic mass is 10.1. The molecule has 1 amide bonds. The van der Waals surface area contributed by atoms with Crippen molar-refractivity contribution in [2.45, 2.75) is 39.4 Å². The van der Waals surface area contributed by atoms with Crippen LogP contribution in [0.2, 0.25) is 0 Å². The molecule has 0 atom stereocenters. The average Bonchev–Trinajstić information content (AvgIpc) is 2.55. The highest BCUT2D eigenvalue weighted by Crippen LogP contribution is 2.17. The minimum atomic E-state index is -0.687. The molecule has 0 saturated heterocycles. The minimum absolute atomic E-state index is 0.117. The van der Waals surface area contributed by atoms with Crippen molar-refractivity contribution in [2.24, 2.45) is 0 Å². The Hall–Kier alpha value is -2.89. The van der Waals surface area contributed by atoms with Crippen molar-refractivity contribution in [3.05, 3.63) is 65.5 Å². The van der Waals surface area contributed by atoms with Gasteiger partial charge in [-0.2, -0.15) is 0 Å². The fourth-order valence-electron chi connectivity index (χ4n) is 2.18. The monoisotopic (exact) mass is 359 g/mol. The lowest BCUT2D eigenvalue weighted by Gasteiger charge is -2.19. The van der Waals surface area contributed by atoms with Crippen molar-refractivity contribution in [3.63, 3.8) is 0 Å². The van der Waals surface area contributed by atoms with Crippen LogP contribution in [0.4, 0.5) is 14.9 Å². The molecule has 0 radical (unpaired) electrons. The molecule has 26 heavy (non-hydrogen) atoms. The maximum absolute atomic E-state index is 14.1. The standard InChI is InChI=1S/C20H22FNO4/c1-20(2,3)26-18(23)11-15-9-10-16(12-17(15)21)22-19(24)25-13-14-7-5-4-6-8-14/h4-10,12H,11,13H2,1-3H3,(H,22,24). The van der Waals surface area contributed by atoms with E-state index < -0.39 is 23.5 Å². The van der Waals surface area contributed by atoms with E-state index in [0.717, 1.165) is 11.6 Å². The van der Waals surface area contributed by atoms with Gasteiger partial charge in [0, 0.05) is 5.69 Å². The second kappa shape index (κ2) is 8.47. The van der Waals surface area contributed by atoms with Crippen molar-refractivity contribution in [1.29, 1.82) is 0 Å². The Balaban J connectivity index is 1.90. The molecule has 2 aromatic carbocycles. The van der Waals surface area contributed by atoms with Gasteiger partial charge in [0.2, 0.25) is 0 Å². The molecular formula is C20H22FNO4. The normalized spacial score (nSPS) is 10.9. The average molecular weight is 359 g/mol. The third kappa shape index (κ3) is 6.55. The van der Waals surface area contributed by atoms with Crippen molar-refractivity contribution in [3.8, 4) is 0 Å². The van der Waals surface area contributed by atoms with E-state index in [-0.39, 0.29) is 24.3 Å². The minimum Gasteiger partial charge on any atom is -0.460 e. The van der Waals surface area contributed by atoms with Crippen LogP contribution in [0.25, 0.3) is 0 Å². The Bertz CT molecular complexity index is 769. The molecule has 0 saturated carbocycles. The molecule has 6 heteroatoms. The number of carbonyl (C=O) groups is 2. The summed E-state index contributed by atoms with van der Waals surface area (Å²) in [7, 11) is 0. The van der Waals surface area contributed by atoms with Gasteiger partial charge in [0.25, 0.3) is 0 Å². The van der Waals surface area contributed by atoms with E-state index >= 15 is 0 Å². The highest BCUT2D eigenvalue weighted by molar-refractivity contribution is 5.84. The number of carbonyl (C=O) groups excluding carboxylic acids is 2. The summed E-state index contributed by atoms with van der Waals surface area (Å²) < 4.78 is 24.4. The summed E-state index contributed by atoms with van der Waals surface area (Å²) >= 11 is 0. The predicted molar refractivity (Wildman–Crippen MR) is 96.2 cm³/mol. The zero-order valence-electron chi connectivity index (χ0n) is 15.0. The van der Waals surface area contributed by atoms with Gasteiger partial charge < -0.3 is 9.47 Å². The Morgan fingerprint density at radius 1 is 1.08 bits per heavy atom. The molecule has 0 fully saturated rings. The molecular weight excluding hydrogens is 337 g/mol. The van der Waals surface area contributed by atoms with Crippen LogP contribution < -0.4 is 5.32 Å². The number of hydrogen-bond acceptors (Lipinski definition) is 4. The van der Waals surface area contributed by atoms with Crippen LogP contribution in [0.3, 0.4) is 0 Å². The molecule has 2 rings (SSSR count). The summed E-state index contributed by atoms with van der Waals surface area (Å²) in [5, 5.41) is 2.45.